The number of rotatable bonds is 6. The fourth-order valence-corrected chi connectivity index (χ4v) is 1.92. The first kappa shape index (κ1) is 13.8. The lowest BCUT2D eigenvalue weighted by Gasteiger charge is -2.22. The van der Waals surface area contributed by atoms with Gasteiger partial charge in [-0.05, 0) is 32.9 Å². The predicted octanol–water partition coefficient (Wildman–Crippen LogP) is 3.62. The Hall–Kier alpha value is -1.28. The zero-order valence-corrected chi connectivity index (χ0v) is 11.3. The van der Waals surface area contributed by atoms with Crippen molar-refractivity contribution in [2.45, 2.75) is 33.2 Å². The number of nitrogens with one attached hydrogen (secondary N) is 1. The van der Waals surface area contributed by atoms with Crippen molar-refractivity contribution in [3.63, 3.8) is 0 Å². The molecule has 2 nitrogen and oxygen atoms in total. The van der Waals surface area contributed by atoms with E-state index in [2.05, 4.69) is 44.8 Å². The van der Waals surface area contributed by atoms with Gasteiger partial charge in [-0.25, -0.2) is 0 Å². The lowest BCUT2D eigenvalue weighted by Crippen LogP contribution is -2.23. The summed E-state index contributed by atoms with van der Waals surface area (Å²) in [4.78, 5) is 0. The van der Waals surface area contributed by atoms with Crippen LogP contribution in [-0.2, 0) is 0 Å². The lowest BCUT2D eigenvalue weighted by atomic mass is 9.98. The Bertz CT molecular complexity index is 385. The summed E-state index contributed by atoms with van der Waals surface area (Å²) in [6, 6.07) is 6.43. The second-order valence-corrected chi connectivity index (χ2v) is 4.48. The van der Waals surface area contributed by atoms with Crippen molar-refractivity contribution in [2.75, 3.05) is 13.7 Å². The molecule has 0 aliphatic carbocycles. The van der Waals surface area contributed by atoms with E-state index in [1.807, 2.05) is 6.07 Å². The summed E-state index contributed by atoms with van der Waals surface area (Å²) in [7, 11) is 1.71. The monoisotopic (exact) mass is 233 g/mol. The Labute approximate surface area is 105 Å². The SMILES string of the molecule is C=C(C)C(NCCC)c1cc(C)ccc1OC. The third-order valence-corrected chi connectivity index (χ3v) is 2.79. The predicted molar refractivity (Wildman–Crippen MR) is 73.6 cm³/mol. The van der Waals surface area contributed by atoms with Crippen LogP contribution >= 0.6 is 0 Å². The molecule has 1 rings (SSSR count). The van der Waals surface area contributed by atoms with Crippen LogP contribution in [0, 0.1) is 6.92 Å². The van der Waals surface area contributed by atoms with Crippen LogP contribution in [0.25, 0.3) is 0 Å². The number of hydrogen-bond donors (Lipinski definition) is 1. The highest BCUT2D eigenvalue weighted by Gasteiger charge is 2.16. The topological polar surface area (TPSA) is 21.3 Å². The Morgan fingerprint density at radius 3 is 2.71 bits per heavy atom. The number of methoxy groups -OCH3 is 1. The number of ether oxygens (including phenoxy) is 1. The smallest absolute Gasteiger partial charge is 0.123 e. The van der Waals surface area contributed by atoms with Gasteiger partial charge in [0.25, 0.3) is 0 Å². The molecule has 0 aliphatic rings. The molecular formula is C15H23NO. The third-order valence-electron chi connectivity index (χ3n) is 2.79. The van der Waals surface area contributed by atoms with Crippen molar-refractivity contribution >= 4 is 0 Å². The summed E-state index contributed by atoms with van der Waals surface area (Å²) in [6.07, 6.45) is 1.11. The molecule has 1 aromatic carbocycles. The normalized spacial score (nSPS) is 12.2. The molecule has 2 heteroatoms. The first-order valence-electron chi connectivity index (χ1n) is 6.13. The van der Waals surface area contributed by atoms with E-state index in [4.69, 9.17) is 4.74 Å². The summed E-state index contributed by atoms with van der Waals surface area (Å²) >= 11 is 0. The standard InChI is InChI=1S/C15H23NO/c1-6-9-16-15(11(2)3)13-10-12(4)7-8-14(13)17-5/h7-8,10,15-16H,2,6,9H2,1,3-5H3. The molecule has 0 radical (unpaired) electrons. The molecule has 1 atom stereocenters. The van der Waals surface area contributed by atoms with Gasteiger partial charge in [0, 0.05) is 5.56 Å². The Balaban J connectivity index is 3.07. The van der Waals surface area contributed by atoms with E-state index in [1.165, 1.54) is 11.1 Å². The Morgan fingerprint density at radius 2 is 2.18 bits per heavy atom. The van der Waals surface area contributed by atoms with Gasteiger partial charge in [0.2, 0.25) is 0 Å². The van der Waals surface area contributed by atoms with Crippen LogP contribution in [0.3, 0.4) is 0 Å². The van der Waals surface area contributed by atoms with Gasteiger partial charge in [0.05, 0.1) is 13.2 Å². The van der Waals surface area contributed by atoms with Crippen LogP contribution in [0.4, 0.5) is 0 Å². The molecule has 1 N–H and O–H groups in total. The Morgan fingerprint density at radius 1 is 1.47 bits per heavy atom. The average molecular weight is 233 g/mol. The highest BCUT2D eigenvalue weighted by Crippen LogP contribution is 2.30. The number of aryl methyl sites for hydroxylation is 1. The molecule has 17 heavy (non-hydrogen) atoms. The van der Waals surface area contributed by atoms with Gasteiger partial charge in [-0.3, -0.25) is 0 Å². The van der Waals surface area contributed by atoms with E-state index >= 15 is 0 Å². The summed E-state index contributed by atoms with van der Waals surface area (Å²) < 4.78 is 5.43. The lowest BCUT2D eigenvalue weighted by molar-refractivity contribution is 0.403. The molecule has 0 saturated heterocycles. The van der Waals surface area contributed by atoms with Crippen LogP contribution in [0.15, 0.2) is 30.4 Å². The molecule has 0 spiro atoms. The molecule has 94 valence electrons. The van der Waals surface area contributed by atoms with Gasteiger partial charge in [-0.15, -0.1) is 0 Å². The van der Waals surface area contributed by atoms with Gasteiger partial charge in [0.15, 0.2) is 0 Å². The van der Waals surface area contributed by atoms with Gasteiger partial charge in [-0.2, -0.15) is 0 Å². The highest BCUT2D eigenvalue weighted by molar-refractivity contribution is 5.42. The minimum Gasteiger partial charge on any atom is -0.496 e. The Kier molecular flexibility index (Phi) is 5.23. The fourth-order valence-electron chi connectivity index (χ4n) is 1.92. The van der Waals surface area contributed by atoms with Gasteiger partial charge in [-0.1, -0.05) is 36.8 Å². The number of benzene rings is 1. The van der Waals surface area contributed by atoms with Crippen molar-refractivity contribution in [1.29, 1.82) is 0 Å². The second-order valence-electron chi connectivity index (χ2n) is 4.48. The van der Waals surface area contributed by atoms with E-state index in [-0.39, 0.29) is 6.04 Å². The van der Waals surface area contributed by atoms with E-state index in [9.17, 15) is 0 Å². The minimum absolute atomic E-state index is 0.171. The molecule has 0 saturated carbocycles. The zero-order valence-electron chi connectivity index (χ0n) is 11.3. The van der Waals surface area contributed by atoms with Crippen molar-refractivity contribution in [3.8, 4) is 5.75 Å². The molecule has 1 unspecified atom stereocenters. The zero-order chi connectivity index (χ0) is 12.8. The van der Waals surface area contributed by atoms with Crippen LogP contribution < -0.4 is 10.1 Å². The van der Waals surface area contributed by atoms with E-state index in [0.717, 1.165) is 24.3 Å². The van der Waals surface area contributed by atoms with E-state index < -0.39 is 0 Å². The highest BCUT2D eigenvalue weighted by atomic mass is 16.5. The summed E-state index contributed by atoms with van der Waals surface area (Å²) in [5, 5.41) is 3.51. The molecule has 0 fully saturated rings. The average Bonchev–Trinajstić information content (AvgIpc) is 2.29. The van der Waals surface area contributed by atoms with Gasteiger partial charge < -0.3 is 10.1 Å². The maximum atomic E-state index is 5.43. The molecule has 0 aromatic heterocycles. The number of hydrogen-bond acceptors (Lipinski definition) is 2. The van der Waals surface area contributed by atoms with Crippen LogP contribution in [0.5, 0.6) is 5.75 Å². The molecule has 0 bridgehead atoms. The minimum atomic E-state index is 0.171. The summed E-state index contributed by atoms with van der Waals surface area (Å²) in [6.45, 7) is 11.4. The molecule has 0 heterocycles. The molecule has 0 amide bonds. The summed E-state index contributed by atoms with van der Waals surface area (Å²) in [5.74, 6) is 0.923. The molecule has 1 aromatic rings. The second kappa shape index (κ2) is 6.45. The quantitative estimate of drug-likeness (QED) is 0.758. The van der Waals surface area contributed by atoms with Gasteiger partial charge in [0.1, 0.15) is 5.75 Å². The fraction of sp³-hybridized carbons (Fsp3) is 0.467. The largest absolute Gasteiger partial charge is 0.496 e. The molecule has 0 aliphatic heterocycles. The first-order chi connectivity index (χ1) is 8.10. The van der Waals surface area contributed by atoms with Crippen LogP contribution in [0.1, 0.15) is 37.4 Å². The van der Waals surface area contributed by atoms with Crippen LogP contribution in [-0.4, -0.2) is 13.7 Å². The summed E-state index contributed by atoms with van der Waals surface area (Å²) in [5.41, 5.74) is 3.53. The third kappa shape index (κ3) is 3.60. The van der Waals surface area contributed by atoms with Crippen LogP contribution in [0.2, 0.25) is 0 Å². The first-order valence-corrected chi connectivity index (χ1v) is 6.13. The molecular weight excluding hydrogens is 210 g/mol. The van der Waals surface area contributed by atoms with Crippen molar-refractivity contribution in [2.24, 2.45) is 0 Å². The van der Waals surface area contributed by atoms with Gasteiger partial charge >= 0.3 is 0 Å². The van der Waals surface area contributed by atoms with Crippen molar-refractivity contribution < 1.29 is 4.74 Å². The maximum Gasteiger partial charge on any atom is 0.123 e. The van der Waals surface area contributed by atoms with Crippen molar-refractivity contribution in [1.82, 2.24) is 5.32 Å². The van der Waals surface area contributed by atoms with E-state index in [0.29, 0.717) is 0 Å². The van der Waals surface area contributed by atoms with Crippen molar-refractivity contribution in [3.05, 3.63) is 41.5 Å². The maximum absolute atomic E-state index is 5.43. The van der Waals surface area contributed by atoms with E-state index in [1.54, 1.807) is 7.11 Å².